The fraction of sp³-hybridized carbons (Fsp3) is 0.391. The van der Waals surface area contributed by atoms with Gasteiger partial charge in [-0.15, -0.1) is 0 Å². The molecular weight excluding hydrogens is 323 g/mol. The highest BCUT2D eigenvalue weighted by molar-refractivity contribution is 5.84. The third kappa shape index (κ3) is 2.75. The first-order valence-corrected chi connectivity index (χ1v) is 9.52. The minimum Gasteiger partial charge on any atom is -0.358 e. The van der Waals surface area contributed by atoms with Gasteiger partial charge in [-0.25, -0.2) is 4.39 Å². The summed E-state index contributed by atoms with van der Waals surface area (Å²) in [4.78, 5) is 5.95. The zero-order chi connectivity index (χ0) is 18.3. The zero-order valence-electron chi connectivity index (χ0n) is 15.8. The van der Waals surface area contributed by atoms with Crippen LogP contribution in [-0.2, 0) is 5.54 Å². The highest BCUT2D eigenvalue weighted by atomic mass is 19.1. The van der Waals surface area contributed by atoms with Crippen molar-refractivity contribution in [1.82, 2.24) is 9.88 Å². The van der Waals surface area contributed by atoms with E-state index in [0.29, 0.717) is 5.92 Å². The maximum atomic E-state index is 13.8. The second kappa shape index (κ2) is 6.55. The fourth-order valence-electron chi connectivity index (χ4n) is 4.87. The Balaban J connectivity index is 1.63. The van der Waals surface area contributed by atoms with Crippen molar-refractivity contribution in [2.24, 2.45) is 0 Å². The lowest BCUT2D eigenvalue weighted by atomic mass is 9.71. The van der Waals surface area contributed by atoms with E-state index >= 15 is 0 Å². The van der Waals surface area contributed by atoms with Gasteiger partial charge in [0, 0.05) is 22.1 Å². The van der Waals surface area contributed by atoms with Gasteiger partial charge in [-0.1, -0.05) is 30.3 Å². The topological polar surface area (TPSA) is 19.0 Å². The Morgan fingerprint density at radius 3 is 2.42 bits per heavy atom. The predicted molar refractivity (Wildman–Crippen MR) is 106 cm³/mol. The Morgan fingerprint density at radius 2 is 1.77 bits per heavy atom. The molecule has 1 fully saturated rings. The molecule has 1 aromatic heterocycles. The molecule has 2 nitrogen and oxygen atoms in total. The van der Waals surface area contributed by atoms with Crippen LogP contribution < -0.4 is 0 Å². The maximum Gasteiger partial charge on any atom is 0.123 e. The minimum absolute atomic E-state index is 0.0709. The van der Waals surface area contributed by atoms with E-state index in [0.717, 1.165) is 31.2 Å². The molecule has 0 aliphatic heterocycles. The quantitative estimate of drug-likeness (QED) is 0.639. The van der Waals surface area contributed by atoms with Crippen LogP contribution in [0.15, 0.2) is 48.5 Å². The molecule has 26 heavy (non-hydrogen) atoms. The zero-order valence-corrected chi connectivity index (χ0v) is 15.8. The van der Waals surface area contributed by atoms with Gasteiger partial charge in [0.1, 0.15) is 5.82 Å². The number of aryl methyl sites for hydroxylation is 1. The van der Waals surface area contributed by atoms with Crippen molar-refractivity contribution >= 4 is 10.9 Å². The third-order valence-corrected chi connectivity index (χ3v) is 6.44. The van der Waals surface area contributed by atoms with Crippen LogP contribution in [-0.4, -0.2) is 24.0 Å². The van der Waals surface area contributed by atoms with Gasteiger partial charge in [0.05, 0.1) is 0 Å². The number of nitrogens with zero attached hydrogens (tertiary/aromatic N) is 1. The highest BCUT2D eigenvalue weighted by Crippen LogP contribution is 2.47. The number of hydrogen-bond donors (Lipinski definition) is 1. The lowest BCUT2D eigenvalue weighted by molar-refractivity contribution is 0.0900. The monoisotopic (exact) mass is 350 g/mol. The van der Waals surface area contributed by atoms with Gasteiger partial charge < -0.3 is 4.98 Å². The number of hydrogen-bond acceptors (Lipinski definition) is 1. The molecule has 0 unspecified atom stereocenters. The van der Waals surface area contributed by atoms with Gasteiger partial charge in [0.15, 0.2) is 0 Å². The molecule has 0 radical (unpaired) electrons. The first-order chi connectivity index (χ1) is 12.5. The molecule has 1 saturated carbocycles. The van der Waals surface area contributed by atoms with Crippen molar-refractivity contribution in [3.8, 4) is 0 Å². The summed E-state index contributed by atoms with van der Waals surface area (Å²) in [5, 5.41) is 1.33. The summed E-state index contributed by atoms with van der Waals surface area (Å²) >= 11 is 0. The van der Waals surface area contributed by atoms with Gasteiger partial charge in [0.2, 0.25) is 0 Å². The molecule has 0 amide bonds. The van der Waals surface area contributed by atoms with Crippen LogP contribution in [0.25, 0.3) is 10.9 Å². The smallest absolute Gasteiger partial charge is 0.123 e. The van der Waals surface area contributed by atoms with Crippen LogP contribution in [0, 0.1) is 12.7 Å². The Hall–Kier alpha value is -2.13. The molecule has 0 atom stereocenters. The molecule has 136 valence electrons. The van der Waals surface area contributed by atoms with E-state index in [1.807, 2.05) is 6.07 Å². The SMILES string of the molecule is Cc1c(C2CCC(c3cccc(F)c3)(N(C)C)CC2)[nH]c2ccccc12. The number of para-hydroxylation sites is 1. The van der Waals surface area contributed by atoms with Crippen molar-refractivity contribution in [3.63, 3.8) is 0 Å². The average Bonchev–Trinajstić information content (AvgIpc) is 2.99. The number of nitrogens with one attached hydrogen (secondary N) is 1. The van der Waals surface area contributed by atoms with E-state index in [-0.39, 0.29) is 11.4 Å². The Morgan fingerprint density at radius 1 is 1.04 bits per heavy atom. The number of aromatic amines is 1. The number of fused-ring (bicyclic) bond motifs is 1. The van der Waals surface area contributed by atoms with Gasteiger partial charge >= 0.3 is 0 Å². The van der Waals surface area contributed by atoms with E-state index in [4.69, 9.17) is 0 Å². The van der Waals surface area contributed by atoms with Crippen molar-refractivity contribution in [2.75, 3.05) is 14.1 Å². The van der Waals surface area contributed by atoms with Crippen molar-refractivity contribution < 1.29 is 4.39 Å². The minimum atomic E-state index is -0.141. The van der Waals surface area contributed by atoms with Gasteiger partial charge in [-0.05, 0) is 81.9 Å². The lowest BCUT2D eigenvalue weighted by Crippen LogP contribution is -2.44. The fourth-order valence-corrected chi connectivity index (χ4v) is 4.87. The standard InChI is InChI=1S/C23H27FN2/c1-16-20-9-4-5-10-21(20)25-22(16)17-11-13-23(14-12-17,26(2)3)18-7-6-8-19(24)15-18/h4-10,15,17,25H,11-14H2,1-3H3. The number of aromatic nitrogens is 1. The second-order valence-corrected chi connectivity index (χ2v) is 7.92. The van der Waals surface area contributed by atoms with Crippen molar-refractivity contribution in [2.45, 2.75) is 44.1 Å². The number of halogens is 1. The third-order valence-electron chi connectivity index (χ3n) is 6.44. The molecule has 1 aliphatic carbocycles. The largest absolute Gasteiger partial charge is 0.358 e. The van der Waals surface area contributed by atoms with E-state index in [2.05, 4.69) is 61.2 Å². The summed E-state index contributed by atoms with van der Waals surface area (Å²) < 4.78 is 13.8. The molecule has 3 heteroatoms. The predicted octanol–water partition coefficient (Wildman–Crippen LogP) is 5.73. The van der Waals surface area contributed by atoms with Gasteiger partial charge in [-0.2, -0.15) is 0 Å². The number of H-pyrrole nitrogens is 1. The Kier molecular flexibility index (Phi) is 4.36. The molecule has 1 heterocycles. The van der Waals surface area contributed by atoms with Crippen LogP contribution in [0.1, 0.15) is 48.4 Å². The molecular formula is C23H27FN2. The summed E-state index contributed by atoms with van der Waals surface area (Å²) in [6.45, 7) is 2.23. The summed E-state index contributed by atoms with van der Waals surface area (Å²) in [5.74, 6) is 0.404. The summed E-state index contributed by atoms with van der Waals surface area (Å²) in [6.07, 6.45) is 4.32. The molecule has 0 spiro atoms. The maximum absolute atomic E-state index is 13.8. The van der Waals surface area contributed by atoms with E-state index < -0.39 is 0 Å². The molecule has 1 N–H and O–H groups in total. The summed E-state index contributed by atoms with van der Waals surface area (Å²) in [5.41, 5.74) is 5.04. The van der Waals surface area contributed by atoms with Crippen LogP contribution in [0.2, 0.25) is 0 Å². The molecule has 0 saturated heterocycles. The molecule has 2 aromatic carbocycles. The Labute approximate surface area is 155 Å². The van der Waals surface area contributed by atoms with Crippen LogP contribution >= 0.6 is 0 Å². The van der Waals surface area contributed by atoms with Gasteiger partial charge in [0.25, 0.3) is 0 Å². The second-order valence-electron chi connectivity index (χ2n) is 7.92. The lowest BCUT2D eigenvalue weighted by Gasteiger charge is -2.45. The van der Waals surface area contributed by atoms with Crippen LogP contribution in [0.4, 0.5) is 4.39 Å². The van der Waals surface area contributed by atoms with E-state index in [9.17, 15) is 4.39 Å². The van der Waals surface area contributed by atoms with E-state index in [1.165, 1.54) is 28.2 Å². The van der Waals surface area contributed by atoms with Crippen LogP contribution in [0.3, 0.4) is 0 Å². The summed E-state index contributed by atoms with van der Waals surface area (Å²) in [7, 11) is 4.25. The normalized spacial score (nSPS) is 23.7. The molecule has 1 aliphatic rings. The number of rotatable bonds is 3. The van der Waals surface area contributed by atoms with Crippen molar-refractivity contribution in [3.05, 3.63) is 71.2 Å². The molecule has 0 bridgehead atoms. The molecule has 4 rings (SSSR count). The first kappa shape index (κ1) is 17.3. The summed E-state index contributed by atoms with van der Waals surface area (Å²) in [6, 6.07) is 15.7. The van der Waals surface area contributed by atoms with Crippen LogP contribution in [0.5, 0.6) is 0 Å². The highest BCUT2D eigenvalue weighted by Gasteiger charge is 2.39. The average molecular weight is 350 g/mol. The number of benzene rings is 2. The van der Waals surface area contributed by atoms with E-state index in [1.54, 1.807) is 6.07 Å². The van der Waals surface area contributed by atoms with Gasteiger partial charge in [-0.3, -0.25) is 4.90 Å². The Bertz CT molecular complexity index is 917. The first-order valence-electron chi connectivity index (χ1n) is 9.52. The van der Waals surface area contributed by atoms with Crippen molar-refractivity contribution in [1.29, 1.82) is 0 Å². The molecule has 3 aromatic rings.